The van der Waals surface area contributed by atoms with Gasteiger partial charge in [-0.25, -0.2) is 8.42 Å². The van der Waals surface area contributed by atoms with Crippen molar-refractivity contribution in [3.8, 4) is 0 Å². The van der Waals surface area contributed by atoms with Crippen molar-refractivity contribution < 1.29 is 8.42 Å². The molecule has 0 atom stereocenters. The quantitative estimate of drug-likeness (QED) is 0.837. The largest absolute Gasteiger partial charge is 0.281 e. The number of halogens is 1. The van der Waals surface area contributed by atoms with Gasteiger partial charge >= 0.3 is 0 Å². The molecule has 0 aromatic carbocycles. The summed E-state index contributed by atoms with van der Waals surface area (Å²) < 4.78 is 26.9. The molecule has 18 heavy (non-hydrogen) atoms. The number of nitrogens with one attached hydrogen (secondary N) is 1. The van der Waals surface area contributed by atoms with Gasteiger partial charge in [0.1, 0.15) is 4.90 Å². The fraction of sp³-hybridized carbons (Fsp3) is 0.727. The first-order chi connectivity index (χ1) is 8.57. The predicted molar refractivity (Wildman–Crippen MR) is 73.3 cm³/mol. The molecule has 0 spiro atoms. The van der Waals surface area contributed by atoms with Gasteiger partial charge in [-0.15, -0.1) is 0 Å². The van der Waals surface area contributed by atoms with Gasteiger partial charge in [-0.05, 0) is 19.8 Å². The Balaban J connectivity index is 2.32. The van der Waals surface area contributed by atoms with E-state index in [-0.39, 0.29) is 6.04 Å². The summed E-state index contributed by atoms with van der Waals surface area (Å²) in [6, 6.07) is 0.141. The van der Waals surface area contributed by atoms with E-state index in [0.29, 0.717) is 22.5 Å². The molecule has 0 aliphatic heterocycles. The van der Waals surface area contributed by atoms with E-state index in [1.165, 1.54) is 6.20 Å². The number of H-pyrrole nitrogens is 1. The van der Waals surface area contributed by atoms with E-state index in [1.54, 1.807) is 11.2 Å². The molecule has 0 bridgehead atoms. The fourth-order valence-corrected chi connectivity index (χ4v) is 4.92. The first kappa shape index (κ1) is 14.0. The molecular formula is C11H18BrN3O2S. The summed E-state index contributed by atoms with van der Waals surface area (Å²) >= 11 is 3.34. The van der Waals surface area contributed by atoms with Gasteiger partial charge < -0.3 is 0 Å². The molecule has 0 amide bonds. The van der Waals surface area contributed by atoms with Gasteiger partial charge in [0.25, 0.3) is 0 Å². The highest BCUT2D eigenvalue weighted by molar-refractivity contribution is 9.09. The van der Waals surface area contributed by atoms with Crippen LogP contribution < -0.4 is 0 Å². The first-order valence-electron chi connectivity index (χ1n) is 6.15. The maximum atomic E-state index is 12.6. The zero-order chi connectivity index (χ0) is 13.2. The molecule has 1 aromatic rings. The average Bonchev–Trinajstić information content (AvgIpc) is 2.96. The maximum Gasteiger partial charge on any atom is 0.246 e. The zero-order valence-electron chi connectivity index (χ0n) is 10.4. The van der Waals surface area contributed by atoms with E-state index in [9.17, 15) is 8.42 Å². The van der Waals surface area contributed by atoms with Crippen molar-refractivity contribution in [2.75, 3.05) is 11.9 Å². The fourth-order valence-electron chi connectivity index (χ4n) is 2.50. The van der Waals surface area contributed by atoms with Crippen LogP contribution in [0.1, 0.15) is 31.4 Å². The van der Waals surface area contributed by atoms with Crippen molar-refractivity contribution in [3.63, 3.8) is 0 Å². The lowest BCUT2D eigenvalue weighted by Crippen LogP contribution is -2.40. The molecule has 1 aliphatic rings. The predicted octanol–water partition coefficient (Wildman–Crippen LogP) is 2.05. The number of rotatable bonds is 5. The Bertz CT molecular complexity index is 494. The third kappa shape index (κ3) is 2.62. The number of hydrogen-bond acceptors (Lipinski definition) is 3. The van der Waals surface area contributed by atoms with Gasteiger partial charge in [0, 0.05) is 17.9 Å². The topological polar surface area (TPSA) is 66.1 Å². The van der Waals surface area contributed by atoms with Gasteiger partial charge in [0.2, 0.25) is 10.0 Å². The van der Waals surface area contributed by atoms with Crippen molar-refractivity contribution in [3.05, 3.63) is 11.9 Å². The SMILES string of the molecule is Cc1[nH]ncc1S(=O)(=O)N(CCBr)C1CCCC1. The van der Waals surface area contributed by atoms with E-state index in [0.717, 1.165) is 25.7 Å². The highest BCUT2D eigenvalue weighted by Crippen LogP contribution is 2.29. The highest BCUT2D eigenvalue weighted by atomic mass is 79.9. The number of aromatic nitrogens is 2. The third-order valence-corrected chi connectivity index (χ3v) is 5.83. The average molecular weight is 336 g/mol. The van der Waals surface area contributed by atoms with Gasteiger partial charge in [0.05, 0.1) is 11.9 Å². The minimum absolute atomic E-state index is 0.141. The molecule has 1 aliphatic carbocycles. The molecule has 1 saturated carbocycles. The van der Waals surface area contributed by atoms with E-state index in [2.05, 4.69) is 26.1 Å². The zero-order valence-corrected chi connectivity index (χ0v) is 12.8. The Morgan fingerprint density at radius 2 is 2.17 bits per heavy atom. The molecule has 2 rings (SSSR count). The number of aromatic amines is 1. The Hall–Kier alpha value is -0.400. The molecule has 1 fully saturated rings. The van der Waals surface area contributed by atoms with Crippen molar-refractivity contribution in [1.29, 1.82) is 0 Å². The van der Waals surface area contributed by atoms with Crippen LogP contribution in [0, 0.1) is 6.92 Å². The van der Waals surface area contributed by atoms with E-state index >= 15 is 0 Å². The van der Waals surface area contributed by atoms with Crippen LogP contribution in [-0.2, 0) is 10.0 Å². The second kappa shape index (κ2) is 5.71. The van der Waals surface area contributed by atoms with E-state index in [1.807, 2.05) is 0 Å². The van der Waals surface area contributed by atoms with E-state index < -0.39 is 10.0 Å². The van der Waals surface area contributed by atoms with Crippen molar-refractivity contribution in [2.45, 2.75) is 43.5 Å². The standard InChI is InChI=1S/C11H18BrN3O2S/c1-9-11(8-13-14-9)18(16,17)15(7-6-12)10-4-2-3-5-10/h8,10H,2-7H2,1H3,(H,13,14). The Kier molecular flexibility index (Phi) is 4.45. The number of alkyl halides is 1. The molecule has 1 N–H and O–H groups in total. The molecule has 5 nitrogen and oxygen atoms in total. The lowest BCUT2D eigenvalue weighted by molar-refractivity contribution is 0.338. The van der Waals surface area contributed by atoms with Gasteiger partial charge in [-0.3, -0.25) is 5.10 Å². The Morgan fingerprint density at radius 3 is 2.67 bits per heavy atom. The number of aryl methyl sites for hydroxylation is 1. The molecule has 0 radical (unpaired) electrons. The molecule has 1 heterocycles. The minimum atomic E-state index is -3.42. The number of hydrogen-bond donors (Lipinski definition) is 1. The molecule has 0 unspecified atom stereocenters. The smallest absolute Gasteiger partial charge is 0.246 e. The van der Waals surface area contributed by atoms with Crippen LogP contribution in [0.5, 0.6) is 0 Å². The van der Waals surface area contributed by atoms with Gasteiger partial charge in [-0.2, -0.15) is 9.40 Å². The molecule has 1 aromatic heterocycles. The van der Waals surface area contributed by atoms with Crippen LogP contribution in [0.4, 0.5) is 0 Å². The molecule has 7 heteroatoms. The van der Waals surface area contributed by atoms with Crippen LogP contribution in [0.25, 0.3) is 0 Å². The lowest BCUT2D eigenvalue weighted by Gasteiger charge is -2.27. The summed E-state index contributed by atoms with van der Waals surface area (Å²) in [4.78, 5) is 0.301. The molecular weight excluding hydrogens is 318 g/mol. The summed E-state index contributed by atoms with van der Waals surface area (Å²) in [7, 11) is -3.42. The maximum absolute atomic E-state index is 12.6. The van der Waals surface area contributed by atoms with E-state index in [4.69, 9.17) is 0 Å². The summed E-state index contributed by atoms with van der Waals surface area (Å²) in [5, 5.41) is 7.16. The van der Waals surface area contributed by atoms with Crippen LogP contribution in [-0.4, -0.2) is 40.8 Å². The monoisotopic (exact) mass is 335 g/mol. The Morgan fingerprint density at radius 1 is 1.50 bits per heavy atom. The summed E-state index contributed by atoms with van der Waals surface area (Å²) in [6.07, 6.45) is 5.56. The summed E-state index contributed by atoms with van der Waals surface area (Å²) in [5.41, 5.74) is 0.604. The highest BCUT2D eigenvalue weighted by Gasteiger charge is 2.34. The van der Waals surface area contributed by atoms with Crippen LogP contribution in [0.2, 0.25) is 0 Å². The lowest BCUT2D eigenvalue weighted by atomic mass is 10.2. The van der Waals surface area contributed by atoms with Crippen LogP contribution in [0.3, 0.4) is 0 Å². The van der Waals surface area contributed by atoms with Gasteiger partial charge in [-0.1, -0.05) is 28.8 Å². The van der Waals surface area contributed by atoms with Crippen LogP contribution in [0.15, 0.2) is 11.1 Å². The summed E-state index contributed by atoms with van der Waals surface area (Å²) in [6.45, 7) is 2.25. The minimum Gasteiger partial charge on any atom is -0.281 e. The van der Waals surface area contributed by atoms with Crippen LogP contribution >= 0.6 is 15.9 Å². The van der Waals surface area contributed by atoms with Gasteiger partial charge in [0.15, 0.2) is 0 Å². The summed E-state index contributed by atoms with van der Waals surface area (Å²) in [5.74, 6) is 0. The second-order valence-electron chi connectivity index (χ2n) is 4.60. The Labute approximate surface area is 116 Å². The number of nitrogens with zero attached hydrogens (tertiary/aromatic N) is 2. The van der Waals surface area contributed by atoms with Crippen molar-refractivity contribution in [2.24, 2.45) is 0 Å². The second-order valence-corrected chi connectivity index (χ2v) is 7.25. The molecule has 0 saturated heterocycles. The number of sulfonamides is 1. The van der Waals surface area contributed by atoms with Crippen molar-refractivity contribution >= 4 is 26.0 Å². The molecule has 102 valence electrons. The third-order valence-electron chi connectivity index (χ3n) is 3.41. The first-order valence-corrected chi connectivity index (χ1v) is 8.71. The normalized spacial score (nSPS) is 17.7. The van der Waals surface area contributed by atoms with Crippen molar-refractivity contribution in [1.82, 2.24) is 14.5 Å².